The molecular weight excluding hydrogens is 270 g/mol. The molecule has 1 amide bonds. The second-order valence-corrected chi connectivity index (χ2v) is 6.27. The summed E-state index contributed by atoms with van der Waals surface area (Å²) in [7, 11) is 1.89. The summed E-state index contributed by atoms with van der Waals surface area (Å²) in [5.41, 5.74) is 0. The third-order valence-electron chi connectivity index (χ3n) is 3.41. The Hall–Kier alpha value is -0.680. The van der Waals surface area contributed by atoms with E-state index in [0.717, 1.165) is 24.3 Å². The summed E-state index contributed by atoms with van der Waals surface area (Å²) in [5, 5.41) is 4.66. The van der Waals surface area contributed by atoms with Crippen LogP contribution in [0.5, 0.6) is 0 Å². The Bertz CT molecular complexity index is 417. The second-order valence-electron chi connectivity index (χ2n) is 4.61. The molecule has 0 saturated carbocycles. The summed E-state index contributed by atoms with van der Waals surface area (Å²) in [6.07, 6.45) is 5.41. The zero-order valence-corrected chi connectivity index (χ0v) is 12.2. The Morgan fingerprint density at radius 2 is 2.28 bits per heavy atom. The minimum absolute atomic E-state index is 0.103. The maximum Gasteiger partial charge on any atom is 0.247 e. The van der Waals surface area contributed by atoms with Gasteiger partial charge in [-0.25, -0.2) is 0 Å². The number of aromatic nitrogens is 2. The monoisotopic (exact) mass is 287 g/mol. The first-order valence-corrected chi connectivity index (χ1v) is 7.67. The Labute approximate surface area is 117 Å². The summed E-state index contributed by atoms with van der Waals surface area (Å²) < 4.78 is 1.62. The molecule has 0 N–H and O–H groups in total. The zero-order valence-electron chi connectivity index (χ0n) is 10.7. The van der Waals surface area contributed by atoms with Gasteiger partial charge in [0.05, 0.1) is 11.2 Å². The van der Waals surface area contributed by atoms with Gasteiger partial charge in [-0.3, -0.25) is 9.48 Å². The van der Waals surface area contributed by atoms with Crippen LogP contribution in [0.2, 0.25) is 5.02 Å². The molecule has 4 nitrogen and oxygen atoms in total. The van der Waals surface area contributed by atoms with Crippen LogP contribution in [0.25, 0.3) is 0 Å². The summed E-state index contributed by atoms with van der Waals surface area (Å²) in [5.74, 6) is 2.39. The van der Waals surface area contributed by atoms with Crippen LogP contribution in [0, 0.1) is 0 Å². The van der Waals surface area contributed by atoms with Gasteiger partial charge in [-0.15, -0.1) is 0 Å². The molecule has 0 unspecified atom stereocenters. The number of halogens is 1. The van der Waals surface area contributed by atoms with E-state index in [2.05, 4.69) is 5.10 Å². The molecule has 0 aromatic carbocycles. The number of nitrogens with zero attached hydrogens (tertiary/aromatic N) is 3. The summed E-state index contributed by atoms with van der Waals surface area (Å²) in [6.45, 7) is 1.86. The van der Waals surface area contributed by atoms with Crippen molar-refractivity contribution in [2.24, 2.45) is 0 Å². The van der Waals surface area contributed by atoms with Crippen LogP contribution in [0.4, 0.5) is 0 Å². The van der Waals surface area contributed by atoms with Crippen molar-refractivity contribution in [1.82, 2.24) is 14.7 Å². The van der Waals surface area contributed by atoms with Crippen LogP contribution < -0.4 is 0 Å². The first-order chi connectivity index (χ1) is 8.59. The minimum atomic E-state index is -0.294. The first kappa shape index (κ1) is 13.7. The van der Waals surface area contributed by atoms with Gasteiger partial charge in [-0.1, -0.05) is 11.6 Å². The van der Waals surface area contributed by atoms with Crippen LogP contribution in [-0.2, 0) is 4.79 Å². The fourth-order valence-corrected chi connectivity index (χ4v) is 3.41. The van der Waals surface area contributed by atoms with Gasteiger partial charge >= 0.3 is 0 Å². The molecular formula is C12H18ClN3OS. The van der Waals surface area contributed by atoms with E-state index in [4.69, 9.17) is 11.6 Å². The van der Waals surface area contributed by atoms with Crippen LogP contribution in [0.3, 0.4) is 0 Å². The summed E-state index contributed by atoms with van der Waals surface area (Å²) in [6, 6.07) is 0.0734. The van der Waals surface area contributed by atoms with Crippen molar-refractivity contribution >= 4 is 29.3 Å². The van der Waals surface area contributed by atoms with E-state index < -0.39 is 0 Å². The van der Waals surface area contributed by atoms with E-state index in [1.54, 1.807) is 17.1 Å². The zero-order chi connectivity index (χ0) is 13.1. The molecule has 1 aromatic heterocycles. The van der Waals surface area contributed by atoms with Gasteiger partial charge in [0, 0.05) is 19.3 Å². The topological polar surface area (TPSA) is 38.1 Å². The fourth-order valence-electron chi connectivity index (χ4n) is 2.19. The van der Waals surface area contributed by atoms with E-state index in [-0.39, 0.29) is 11.9 Å². The highest BCUT2D eigenvalue weighted by Gasteiger charge is 2.26. The Balaban J connectivity index is 2.01. The van der Waals surface area contributed by atoms with E-state index in [1.165, 1.54) is 0 Å². The van der Waals surface area contributed by atoms with Crippen LogP contribution >= 0.6 is 23.4 Å². The van der Waals surface area contributed by atoms with Crippen LogP contribution in [0.15, 0.2) is 12.4 Å². The van der Waals surface area contributed by atoms with Crippen LogP contribution in [0.1, 0.15) is 25.8 Å². The molecule has 0 radical (unpaired) electrons. The molecule has 18 heavy (non-hydrogen) atoms. The molecule has 100 valence electrons. The molecule has 0 bridgehead atoms. The summed E-state index contributed by atoms with van der Waals surface area (Å²) in [4.78, 5) is 14.2. The van der Waals surface area contributed by atoms with Gasteiger partial charge in [0.15, 0.2) is 0 Å². The lowest BCUT2D eigenvalue weighted by Crippen LogP contribution is -2.42. The lowest BCUT2D eigenvalue weighted by molar-refractivity contribution is -0.135. The third kappa shape index (κ3) is 3.01. The second kappa shape index (κ2) is 5.97. The molecule has 1 aliphatic rings. The Morgan fingerprint density at radius 3 is 2.83 bits per heavy atom. The van der Waals surface area contributed by atoms with Gasteiger partial charge in [0.1, 0.15) is 6.04 Å². The number of thioether (sulfide) groups is 1. The molecule has 2 rings (SSSR count). The van der Waals surface area contributed by atoms with Gasteiger partial charge in [-0.05, 0) is 31.3 Å². The highest BCUT2D eigenvalue weighted by Crippen LogP contribution is 2.23. The lowest BCUT2D eigenvalue weighted by Gasteiger charge is -2.32. The van der Waals surface area contributed by atoms with Gasteiger partial charge < -0.3 is 4.90 Å². The van der Waals surface area contributed by atoms with Gasteiger partial charge in [0.25, 0.3) is 0 Å². The molecule has 0 aliphatic carbocycles. The number of hydrogen-bond donors (Lipinski definition) is 0. The molecule has 1 atom stereocenters. The number of carbonyl (C=O) groups excluding carboxylic acids is 1. The molecule has 6 heteroatoms. The molecule has 1 aromatic rings. The largest absolute Gasteiger partial charge is 0.341 e. The standard InChI is InChI=1S/C12H18ClN3OS/c1-9(16-8-10(13)7-14-16)12(17)15(2)11-3-5-18-6-4-11/h7-9,11H,3-6H2,1-2H3/t9-/m0/s1. The smallest absolute Gasteiger partial charge is 0.247 e. The van der Waals surface area contributed by atoms with Crippen molar-refractivity contribution in [3.63, 3.8) is 0 Å². The third-order valence-corrected chi connectivity index (χ3v) is 4.65. The quantitative estimate of drug-likeness (QED) is 0.857. The molecule has 1 aliphatic heterocycles. The number of carbonyl (C=O) groups is 1. The van der Waals surface area contributed by atoms with Crippen molar-refractivity contribution in [3.8, 4) is 0 Å². The average molecular weight is 288 g/mol. The predicted octanol–water partition coefficient (Wildman–Crippen LogP) is 2.45. The maximum atomic E-state index is 12.4. The number of amides is 1. The highest BCUT2D eigenvalue weighted by atomic mass is 35.5. The van der Waals surface area contributed by atoms with Crippen LogP contribution in [-0.4, -0.2) is 45.2 Å². The molecule has 2 heterocycles. The van der Waals surface area contributed by atoms with E-state index in [1.807, 2.05) is 30.6 Å². The van der Waals surface area contributed by atoms with Gasteiger partial charge in [-0.2, -0.15) is 16.9 Å². The Morgan fingerprint density at radius 1 is 1.61 bits per heavy atom. The normalized spacial score (nSPS) is 18.6. The lowest BCUT2D eigenvalue weighted by atomic mass is 10.1. The maximum absolute atomic E-state index is 12.4. The number of likely N-dealkylation sites (N-methyl/N-ethyl adjacent to an activating group) is 1. The molecule has 1 fully saturated rings. The first-order valence-electron chi connectivity index (χ1n) is 6.13. The van der Waals surface area contributed by atoms with Gasteiger partial charge in [0.2, 0.25) is 5.91 Å². The number of rotatable bonds is 3. The average Bonchev–Trinajstić information content (AvgIpc) is 2.84. The van der Waals surface area contributed by atoms with E-state index in [9.17, 15) is 4.79 Å². The Kier molecular flexibility index (Phi) is 4.56. The molecule has 0 spiro atoms. The van der Waals surface area contributed by atoms with Crippen molar-refractivity contribution in [3.05, 3.63) is 17.4 Å². The van der Waals surface area contributed by atoms with Crippen molar-refractivity contribution in [2.45, 2.75) is 31.8 Å². The van der Waals surface area contributed by atoms with Crippen molar-refractivity contribution in [1.29, 1.82) is 0 Å². The minimum Gasteiger partial charge on any atom is -0.341 e. The van der Waals surface area contributed by atoms with E-state index >= 15 is 0 Å². The summed E-state index contributed by atoms with van der Waals surface area (Å²) >= 11 is 7.79. The predicted molar refractivity (Wildman–Crippen MR) is 75.1 cm³/mol. The fraction of sp³-hybridized carbons (Fsp3) is 0.667. The van der Waals surface area contributed by atoms with Crippen molar-refractivity contribution in [2.75, 3.05) is 18.6 Å². The van der Waals surface area contributed by atoms with Crippen molar-refractivity contribution < 1.29 is 4.79 Å². The van der Waals surface area contributed by atoms with E-state index in [0.29, 0.717) is 11.1 Å². The number of hydrogen-bond acceptors (Lipinski definition) is 3. The molecule has 1 saturated heterocycles. The highest BCUT2D eigenvalue weighted by molar-refractivity contribution is 7.99. The SMILES string of the molecule is C[C@@H](C(=O)N(C)C1CCSCC1)n1cc(Cl)cn1.